The standard InChI is InChI=1S/C16H24ClNO2/c1-20-16-7-6-13(17)8-14(16)15(9-18)12-4-2-11(10-19)3-5-12/h6-8,11-12,15,19H,2-5,9-10,18H2,1H3. The van der Waals surface area contributed by atoms with Crippen molar-refractivity contribution in [1.29, 1.82) is 0 Å². The molecule has 3 nitrogen and oxygen atoms in total. The summed E-state index contributed by atoms with van der Waals surface area (Å²) in [6.45, 7) is 0.908. The van der Waals surface area contributed by atoms with Crippen molar-refractivity contribution >= 4 is 11.6 Å². The molecule has 1 fully saturated rings. The SMILES string of the molecule is COc1ccc(Cl)cc1C(CN)C1CCC(CO)CC1. The molecule has 0 radical (unpaired) electrons. The Hall–Kier alpha value is -0.770. The molecule has 1 aromatic carbocycles. The maximum atomic E-state index is 9.25. The maximum Gasteiger partial charge on any atom is 0.122 e. The Bertz CT molecular complexity index is 430. The highest BCUT2D eigenvalue weighted by Crippen LogP contribution is 2.41. The lowest BCUT2D eigenvalue weighted by Crippen LogP contribution is -2.27. The van der Waals surface area contributed by atoms with Crippen LogP contribution in [0.3, 0.4) is 0 Å². The lowest BCUT2D eigenvalue weighted by atomic mass is 9.73. The molecular formula is C16H24ClNO2. The summed E-state index contributed by atoms with van der Waals surface area (Å²) in [6.07, 6.45) is 4.40. The third-order valence-electron chi connectivity index (χ3n) is 4.56. The molecule has 0 bridgehead atoms. The topological polar surface area (TPSA) is 55.5 Å². The molecular weight excluding hydrogens is 274 g/mol. The number of benzene rings is 1. The molecule has 1 unspecified atom stereocenters. The van der Waals surface area contributed by atoms with Gasteiger partial charge in [-0.15, -0.1) is 0 Å². The Morgan fingerprint density at radius 3 is 2.60 bits per heavy atom. The van der Waals surface area contributed by atoms with Crippen LogP contribution in [0.4, 0.5) is 0 Å². The summed E-state index contributed by atoms with van der Waals surface area (Å²) < 4.78 is 5.46. The number of hydrogen-bond donors (Lipinski definition) is 2. The minimum absolute atomic E-state index is 0.281. The highest BCUT2D eigenvalue weighted by Gasteiger charge is 2.29. The van der Waals surface area contributed by atoms with Crippen molar-refractivity contribution < 1.29 is 9.84 Å². The molecule has 0 heterocycles. The first-order valence-corrected chi connectivity index (χ1v) is 7.71. The number of aliphatic hydroxyl groups is 1. The molecule has 20 heavy (non-hydrogen) atoms. The van der Waals surface area contributed by atoms with Crippen molar-refractivity contribution in [1.82, 2.24) is 0 Å². The summed E-state index contributed by atoms with van der Waals surface area (Å²) >= 11 is 6.13. The fourth-order valence-corrected chi connectivity index (χ4v) is 3.52. The van der Waals surface area contributed by atoms with Crippen LogP contribution in [0.15, 0.2) is 18.2 Å². The van der Waals surface area contributed by atoms with E-state index in [9.17, 15) is 5.11 Å². The van der Waals surface area contributed by atoms with Gasteiger partial charge in [-0.3, -0.25) is 0 Å². The minimum Gasteiger partial charge on any atom is -0.496 e. The lowest BCUT2D eigenvalue weighted by molar-refractivity contribution is 0.157. The Balaban J connectivity index is 2.18. The van der Waals surface area contributed by atoms with E-state index in [2.05, 4.69) is 0 Å². The van der Waals surface area contributed by atoms with Gasteiger partial charge < -0.3 is 15.6 Å². The molecule has 0 spiro atoms. The van der Waals surface area contributed by atoms with Gasteiger partial charge >= 0.3 is 0 Å². The summed E-state index contributed by atoms with van der Waals surface area (Å²) in [5.74, 6) is 2.17. The molecule has 112 valence electrons. The number of halogens is 1. The summed E-state index contributed by atoms with van der Waals surface area (Å²) in [4.78, 5) is 0. The van der Waals surface area contributed by atoms with Gasteiger partial charge in [-0.1, -0.05) is 11.6 Å². The number of aliphatic hydroxyl groups excluding tert-OH is 1. The molecule has 1 saturated carbocycles. The quantitative estimate of drug-likeness (QED) is 0.877. The fraction of sp³-hybridized carbons (Fsp3) is 0.625. The van der Waals surface area contributed by atoms with Crippen molar-refractivity contribution in [3.8, 4) is 5.75 Å². The largest absolute Gasteiger partial charge is 0.496 e. The molecule has 3 N–H and O–H groups in total. The van der Waals surface area contributed by atoms with Crippen molar-refractivity contribution in [2.75, 3.05) is 20.3 Å². The zero-order valence-electron chi connectivity index (χ0n) is 12.0. The van der Waals surface area contributed by atoms with Crippen LogP contribution in [0.1, 0.15) is 37.2 Å². The van der Waals surface area contributed by atoms with Gasteiger partial charge in [0.25, 0.3) is 0 Å². The van der Waals surface area contributed by atoms with Crippen molar-refractivity contribution in [3.63, 3.8) is 0 Å². The second-order valence-electron chi connectivity index (χ2n) is 5.69. The summed E-state index contributed by atoms with van der Waals surface area (Å²) in [7, 11) is 1.68. The third kappa shape index (κ3) is 3.46. The van der Waals surface area contributed by atoms with Crippen LogP contribution in [0.25, 0.3) is 0 Å². The van der Waals surface area contributed by atoms with Crippen molar-refractivity contribution in [2.45, 2.75) is 31.6 Å². The van der Waals surface area contributed by atoms with E-state index >= 15 is 0 Å². The Kier molecular flexibility index (Phi) is 5.70. The number of hydrogen-bond acceptors (Lipinski definition) is 3. The highest BCUT2D eigenvalue weighted by molar-refractivity contribution is 6.30. The zero-order valence-corrected chi connectivity index (χ0v) is 12.8. The summed E-state index contributed by atoms with van der Waals surface area (Å²) in [5.41, 5.74) is 7.15. The van der Waals surface area contributed by atoms with Crippen molar-refractivity contribution in [3.05, 3.63) is 28.8 Å². The summed E-state index contributed by atoms with van der Waals surface area (Å²) in [6, 6.07) is 5.75. The molecule has 4 heteroatoms. The van der Waals surface area contributed by atoms with E-state index in [-0.39, 0.29) is 5.92 Å². The minimum atomic E-state index is 0.281. The molecule has 0 saturated heterocycles. The van der Waals surface area contributed by atoms with E-state index < -0.39 is 0 Å². The van der Waals surface area contributed by atoms with E-state index in [1.54, 1.807) is 7.11 Å². The smallest absolute Gasteiger partial charge is 0.122 e. The molecule has 1 aliphatic rings. The van der Waals surface area contributed by atoms with Crippen LogP contribution in [-0.2, 0) is 0 Å². The highest BCUT2D eigenvalue weighted by atomic mass is 35.5. The van der Waals surface area contributed by atoms with Crippen molar-refractivity contribution in [2.24, 2.45) is 17.6 Å². The van der Waals surface area contributed by atoms with Gasteiger partial charge in [-0.2, -0.15) is 0 Å². The van der Waals surface area contributed by atoms with E-state index in [0.717, 1.165) is 42.0 Å². The van der Waals surface area contributed by atoms with Gasteiger partial charge in [0.15, 0.2) is 0 Å². The number of ether oxygens (including phenoxy) is 1. The molecule has 0 aliphatic heterocycles. The first kappa shape index (κ1) is 15.6. The van der Waals surface area contributed by atoms with Gasteiger partial charge in [-0.25, -0.2) is 0 Å². The first-order valence-electron chi connectivity index (χ1n) is 7.34. The Morgan fingerprint density at radius 2 is 2.05 bits per heavy atom. The first-order chi connectivity index (χ1) is 9.69. The molecule has 1 atom stereocenters. The normalized spacial score (nSPS) is 24.4. The molecule has 2 rings (SSSR count). The van der Waals surface area contributed by atoms with E-state index in [1.807, 2.05) is 18.2 Å². The average molecular weight is 298 g/mol. The third-order valence-corrected chi connectivity index (χ3v) is 4.80. The van der Waals surface area contributed by atoms with Gasteiger partial charge in [-0.05, 0) is 62.3 Å². The second-order valence-corrected chi connectivity index (χ2v) is 6.13. The van der Waals surface area contributed by atoms with E-state index in [0.29, 0.717) is 25.0 Å². The lowest BCUT2D eigenvalue weighted by Gasteiger charge is -2.33. The van der Waals surface area contributed by atoms with Crippen LogP contribution in [0, 0.1) is 11.8 Å². The van der Waals surface area contributed by atoms with E-state index in [4.69, 9.17) is 22.1 Å². The van der Waals surface area contributed by atoms with Crippen LogP contribution in [0.2, 0.25) is 5.02 Å². The zero-order chi connectivity index (χ0) is 14.5. The predicted molar refractivity (Wildman–Crippen MR) is 82.3 cm³/mol. The number of nitrogens with two attached hydrogens (primary N) is 1. The predicted octanol–water partition coefficient (Wildman–Crippen LogP) is 3.19. The average Bonchev–Trinajstić information content (AvgIpc) is 2.49. The molecule has 1 aliphatic carbocycles. The van der Waals surface area contributed by atoms with Crippen LogP contribution >= 0.6 is 11.6 Å². The molecule has 0 amide bonds. The monoisotopic (exact) mass is 297 g/mol. The fourth-order valence-electron chi connectivity index (χ4n) is 3.34. The van der Waals surface area contributed by atoms with Crippen LogP contribution in [-0.4, -0.2) is 25.4 Å². The second kappa shape index (κ2) is 7.30. The molecule has 1 aromatic rings. The number of rotatable bonds is 5. The van der Waals surface area contributed by atoms with Gasteiger partial charge in [0, 0.05) is 23.1 Å². The van der Waals surface area contributed by atoms with E-state index in [1.165, 1.54) is 0 Å². The molecule has 0 aromatic heterocycles. The van der Waals surface area contributed by atoms with Gasteiger partial charge in [0.1, 0.15) is 5.75 Å². The van der Waals surface area contributed by atoms with Gasteiger partial charge in [0.2, 0.25) is 0 Å². The Morgan fingerprint density at radius 1 is 1.35 bits per heavy atom. The Labute approximate surface area is 126 Å². The maximum absolute atomic E-state index is 9.25. The summed E-state index contributed by atoms with van der Waals surface area (Å²) in [5, 5.41) is 9.97. The van der Waals surface area contributed by atoms with Gasteiger partial charge in [0.05, 0.1) is 7.11 Å². The number of methoxy groups -OCH3 is 1. The van der Waals surface area contributed by atoms with Crippen LogP contribution in [0.5, 0.6) is 5.75 Å². The van der Waals surface area contributed by atoms with Crippen LogP contribution < -0.4 is 10.5 Å².